The van der Waals surface area contributed by atoms with Crippen molar-refractivity contribution in [1.29, 1.82) is 0 Å². The van der Waals surface area contributed by atoms with E-state index < -0.39 is 15.9 Å². The van der Waals surface area contributed by atoms with Crippen LogP contribution in [0.3, 0.4) is 0 Å². The minimum Gasteiger partial charge on any atom is -0.497 e. The number of amides is 1. The van der Waals surface area contributed by atoms with Gasteiger partial charge in [0, 0.05) is 5.02 Å². The molecule has 0 bridgehead atoms. The Morgan fingerprint density at radius 2 is 1.56 bits per heavy atom. The van der Waals surface area contributed by atoms with Gasteiger partial charge >= 0.3 is 0 Å². The molecule has 1 N–H and O–H groups in total. The fourth-order valence-electron chi connectivity index (χ4n) is 3.74. The predicted molar refractivity (Wildman–Crippen MR) is 136 cm³/mol. The van der Waals surface area contributed by atoms with Crippen molar-refractivity contribution >= 4 is 33.2 Å². The number of nitrogens with zero attached hydrogens (tertiary/aromatic N) is 1. The molecule has 0 saturated carbocycles. The van der Waals surface area contributed by atoms with Crippen LogP contribution in [0.1, 0.15) is 35.2 Å². The van der Waals surface area contributed by atoms with Crippen molar-refractivity contribution in [2.75, 3.05) is 18.0 Å². The number of benzene rings is 3. The largest absolute Gasteiger partial charge is 0.497 e. The molecule has 0 aliphatic rings. The number of aryl methyl sites for hydroxylation is 3. The van der Waals surface area contributed by atoms with Crippen LogP contribution in [0.4, 0.5) is 5.69 Å². The number of hydrogen-bond acceptors (Lipinski definition) is 4. The number of halogens is 1. The summed E-state index contributed by atoms with van der Waals surface area (Å²) in [6, 6.07) is 16.2. The number of hydrogen-bond donors (Lipinski definition) is 1. The molecule has 1 atom stereocenters. The van der Waals surface area contributed by atoms with E-state index in [1.165, 1.54) is 24.8 Å². The molecule has 0 aromatic heterocycles. The highest BCUT2D eigenvalue weighted by atomic mass is 35.5. The number of nitrogens with one attached hydrogen (secondary N) is 1. The van der Waals surface area contributed by atoms with Crippen molar-refractivity contribution < 1.29 is 17.9 Å². The predicted octanol–water partition coefficient (Wildman–Crippen LogP) is 5.35. The van der Waals surface area contributed by atoms with E-state index in [0.717, 1.165) is 21.0 Å². The third-order valence-electron chi connectivity index (χ3n) is 5.78. The number of methoxy groups -OCH3 is 1. The molecule has 1 unspecified atom stereocenters. The summed E-state index contributed by atoms with van der Waals surface area (Å²) in [5.74, 6) is 0.115. The number of anilines is 1. The Morgan fingerprint density at radius 1 is 0.971 bits per heavy atom. The highest BCUT2D eigenvalue weighted by Crippen LogP contribution is 2.27. The van der Waals surface area contributed by atoms with E-state index >= 15 is 0 Å². The molecule has 3 aromatic rings. The Kier molecular flexibility index (Phi) is 7.89. The average Bonchev–Trinajstić information content (AvgIpc) is 2.80. The number of ether oxygens (including phenoxy) is 1. The van der Waals surface area contributed by atoms with Crippen LogP contribution in [0, 0.1) is 20.8 Å². The van der Waals surface area contributed by atoms with Gasteiger partial charge in [0.1, 0.15) is 12.3 Å². The molecule has 3 aromatic carbocycles. The van der Waals surface area contributed by atoms with Gasteiger partial charge in [0.05, 0.1) is 23.7 Å². The van der Waals surface area contributed by atoms with Crippen LogP contribution < -0.4 is 14.4 Å². The lowest BCUT2D eigenvalue weighted by molar-refractivity contribution is -0.120. The van der Waals surface area contributed by atoms with Crippen LogP contribution in [0.25, 0.3) is 0 Å². The number of sulfonamides is 1. The summed E-state index contributed by atoms with van der Waals surface area (Å²) >= 11 is 6.00. The first-order valence-corrected chi connectivity index (χ1v) is 12.6. The van der Waals surface area contributed by atoms with E-state index in [1.807, 2.05) is 27.7 Å². The minimum atomic E-state index is -4.03. The second-order valence-electron chi connectivity index (χ2n) is 8.25. The SMILES string of the molecule is COc1ccc(S(=O)(=O)N(CC(=O)NC(C)c2cc(C)c(C)cc2C)c2ccc(Cl)cc2)cc1. The molecule has 3 rings (SSSR count). The molecule has 0 aliphatic heterocycles. The van der Waals surface area contributed by atoms with Gasteiger partial charge in [0.25, 0.3) is 10.0 Å². The second-order valence-corrected chi connectivity index (χ2v) is 10.5. The summed E-state index contributed by atoms with van der Waals surface area (Å²) in [6.07, 6.45) is 0. The summed E-state index contributed by atoms with van der Waals surface area (Å²) in [6.45, 7) is 7.57. The van der Waals surface area contributed by atoms with E-state index in [0.29, 0.717) is 16.5 Å². The number of carbonyl (C=O) groups is 1. The molecule has 0 saturated heterocycles. The summed E-state index contributed by atoms with van der Waals surface area (Å²) in [5.41, 5.74) is 4.71. The first kappa shape index (κ1) is 25.6. The number of rotatable bonds is 8. The van der Waals surface area contributed by atoms with Crippen LogP contribution in [0.5, 0.6) is 5.75 Å². The van der Waals surface area contributed by atoms with Gasteiger partial charge in [-0.2, -0.15) is 0 Å². The standard InChI is InChI=1S/C26H29ClN2O4S/c1-17-14-19(3)25(15-18(17)2)20(4)28-26(30)16-29(22-8-6-21(27)7-9-22)34(31,32)24-12-10-23(33-5)11-13-24/h6-15,20H,16H2,1-5H3,(H,28,30). The Bertz CT molecular complexity index is 1270. The maximum absolute atomic E-state index is 13.5. The van der Waals surface area contributed by atoms with Crippen molar-refractivity contribution in [3.63, 3.8) is 0 Å². The van der Waals surface area contributed by atoms with Gasteiger partial charge in [-0.15, -0.1) is 0 Å². The van der Waals surface area contributed by atoms with E-state index in [2.05, 4.69) is 17.4 Å². The molecule has 8 heteroatoms. The third kappa shape index (κ3) is 5.72. The first-order valence-electron chi connectivity index (χ1n) is 10.8. The highest BCUT2D eigenvalue weighted by molar-refractivity contribution is 7.92. The van der Waals surface area contributed by atoms with Crippen molar-refractivity contribution in [3.8, 4) is 5.75 Å². The minimum absolute atomic E-state index is 0.0501. The normalized spacial score (nSPS) is 12.2. The molecule has 0 aliphatic carbocycles. The second kappa shape index (κ2) is 10.5. The molecule has 0 radical (unpaired) electrons. The van der Waals surface area contributed by atoms with Crippen LogP contribution in [0.15, 0.2) is 65.6 Å². The topological polar surface area (TPSA) is 75.7 Å². The zero-order valence-electron chi connectivity index (χ0n) is 19.9. The maximum Gasteiger partial charge on any atom is 0.264 e. The quantitative estimate of drug-likeness (QED) is 0.452. The maximum atomic E-state index is 13.5. The Hall–Kier alpha value is -3.03. The van der Waals surface area contributed by atoms with Crippen LogP contribution in [-0.4, -0.2) is 28.0 Å². The van der Waals surface area contributed by atoms with E-state index in [9.17, 15) is 13.2 Å². The Morgan fingerprint density at radius 3 is 2.15 bits per heavy atom. The van der Waals surface area contributed by atoms with Gasteiger partial charge < -0.3 is 10.1 Å². The molecule has 0 heterocycles. The highest BCUT2D eigenvalue weighted by Gasteiger charge is 2.28. The molecule has 0 fully saturated rings. The van der Waals surface area contributed by atoms with Crippen molar-refractivity contribution in [3.05, 3.63) is 87.9 Å². The molecular weight excluding hydrogens is 472 g/mol. The summed E-state index contributed by atoms with van der Waals surface area (Å²) in [7, 11) is -2.53. The van der Waals surface area contributed by atoms with Gasteiger partial charge in [-0.1, -0.05) is 23.7 Å². The monoisotopic (exact) mass is 500 g/mol. The summed E-state index contributed by atoms with van der Waals surface area (Å²) in [4.78, 5) is 13.1. The fourth-order valence-corrected chi connectivity index (χ4v) is 5.29. The average molecular weight is 501 g/mol. The van der Waals surface area contributed by atoms with Crippen molar-refractivity contribution in [2.24, 2.45) is 0 Å². The van der Waals surface area contributed by atoms with Gasteiger partial charge in [-0.25, -0.2) is 8.42 Å². The third-order valence-corrected chi connectivity index (χ3v) is 7.82. The Labute approximate surface area is 206 Å². The van der Waals surface area contributed by atoms with Crippen LogP contribution >= 0.6 is 11.6 Å². The van der Waals surface area contributed by atoms with Crippen molar-refractivity contribution in [2.45, 2.75) is 38.6 Å². The van der Waals surface area contributed by atoms with Crippen LogP contribution in [0.2, 0.25) is 5.02 Å². The molecule has 6 nitrogen and oxygen atoms in total. The van der Waals surface area contributed by atoms with E-state index in [4.69, 9.17) is 16.3 Å². The number of carbonyl (C=O) groups excluding carboxylic acids is 1. The fraction of sp³-hybridized carbons (Fsp3) is 0.269. The molecular formula is C26H29ClN2O4S. The Balaban J connectivity index is 1.90. The smallest absolute Gasteiger partial charge is 0.264 e. The van der Waals surface area contributed by atoms with Crippen LogP contribution in [-0.2, 0) is 14.8 Å². The van der Waals surface area contributed by atoms with Gasteiger partial charge in [0.15, 0.2) is 0 Å². The van der Waals surface area contributed by atoms with Gasteiger partial charge in [-0.05, 0) is 98.5 Å². The lowest BCUT2D eigenvalue weighted by atomic mass is 9.96. The molecule has 34 heavy (non-hydrogen) atoms. The molecule has 0 spiro atoms. The van der Waals surface area contributed by atoms with E-state index in [-0.39, 0.29) is 17.5 Å². The van der Waals surface area contributed by atoms with Gasteiger partial charge in [-0.3, -0.25) is 9.10 Å². The zero-order chi connectivity index (χ0) is 25.0. The van der Waals surface area contributed by atoms with Gasteiger partial charge in [0.2, 0.25) is 5.91 Å². The lowest BCUT2D eigenvalue weighted by Crippen LogP contribution is -2.41. The molecule has 180 valence electrons. The zero-order valence-corrected chi connectivity index (χ0v) is 21.5. The summed E-state index contributed by atoms with van der Waals surface area (Å²) < 4.78 is 33.2. The first-order chi connectivity index (χ1) is 16.0. The molecule has 1 amide bonds. The summed E-state index contributed by atoms with van der Waals surface area (Å²) in [5, 5.41) is 3.41. The lowest BCUT2D eigenvalue weighted by Gasteiger charge is -2.25. The van der Waals surface area contributed by atoms with E-state index in [1.54, 1.807) is 36.4 Å². The van der Waals surface area contributed by atoms with Crippen molar-refractivity contribution in [1.82, 2.24) is 5.32 Å².